The summed E-state index contributed by atoms with van der Waals surface area (Å²) < 4.78 is 19.1. The smallest absolute Gasteiger partial charge is 0.224 e. The minimum Gasteiger partial charge on any atom is -0.376 e. The van der Waals surface area contributed by atoms with Gasteiger partial charge in [0.15, 0.2) is 0 Å². The molecule has 1 saturated heterocycles. The number of nitrogens with one attached hydrogen (secondary N) is 2. The summed E-state index contributed by atoms with van der Waals surface area (Å²) in [6, 6.07) is 8.62. The summed E-state index contributed by atoms with van der Waals surface area (Å²) >= 11 is 0. The van der Waals surface area contributed by atoms with E-state index in [9.17, 15) is 4.39 Å². The van der Waals surface area contributed by atoms with Gasteiger partial charge in [-0.15, -0.1) is 0 Å². The highest BCUT2D eigenvalue weighted by Gasteiger charge is 2.15. The monoisotopic (exact) mass is 316 g/mol. The Morgan fingerprint density at radius 3 is 2.96 bits per heavy atom. The van der Waals surface area contributed by atoms with Crippen LogP contribution in [0, 0.1) is 5.82 Å². The molecule has 0 radical (unpaired) electrons. The molecule has 1 fully saturated rings. The molecule has 1 aromatic carbocycles. The first-order valence-electron chi connectivity index (χ1n) is 7.97. The fourth-order valence-electron chi connectivity index (χ4n) is 2.58. The van der Waals surface area contributed by atoms with Crippen LogP contribution in [0.3, 0.4) is 0 Å². The van der Waals surface area contributed by atoms with Gasteiger partial charge in [-0.05, 0) is 37.0 Å². The fraction of sp³-hybridized carbons (Fsp3) is 0.412. The predicted molar refractivity (Wildman–Crippen MR) is 88.1 cm³/mol. The predicted octanol–water partition coefficient (Wildman–Crippen LogP) is 2.86. The van der Waals surface area contributed by atoms with Crippen LogP contribution >= 0.6 is 0 Å². The number of halogens is 1. The SMILES string of the molecule is Fc1ccccc1CCNc1nccc(NCC2CCCO2)n1. The number of benzene rings is 1. The van der Waals surface area contributed by atoms with Crippen LogP contribution < -0.4 is 10.6 Å². The summed E-state index contributed by atoms with van der Waals surface area (Å²) in [6.07, 6.45) is 4.77. The maximum Gasteiger partial charge on any atom is 0.224 e. The van der Waals surface area contributed by atoms with Gasteiger partial charge in [-0.2, -0.15) is 4.98 Å². The molecule has 1 aromatic heterocycles. The summed E-state index contributed by atoms with van der Waals surface area (Å²) in [7, 11) is 0. The second-order valence-electron chi connectivity index (χ2n) is 5.55. The average molecular weight is 316 g/mol. The van der Waals surface area contributed by atoms with Crippen LogP contribution in [0.4, 0.5) is 16.2 Å². The Bertz CT molecular complexity index is 631. The number of aromatic nitrogens is 2. The van der Waals surface area contributed by atoms with Gasteiger partial charge in [0.25, 0.3) is 0 Å². The molecule has 0 spiro atoms. The summed E-state index contributed by atoms with van der Waals surface area (Å²) in [5.74, 6) is 1.13. The fourth-order valence-corrected chi connectivity index (χ4v) is 2.58. The van der Waals surface area contributed by atoms with Crippen molar-refractivity contribution in [3.05, 3.63) is 47.9 Å². The molecule has 1 unspecified atom stereocenters. The molecule has 2 N–H and O–H groups in total. The lowest BCUT2D eigenvalue weighted by Gasteiger charge is -2.12. The molecule has 3 rings (SSSR count). The molecule has 0 amide bonds. The van der Waals surface area contributed by atoms with Gasteiger partial charge in [0.05, 0.1) is 6.10 Å². The van der Waals surface area contributed by atoms with Crippen LogP contribution in [0.25, 0.3) is 0 Å². The first-order chi connectivity index (χ1) is 11.3. The molecule has 1 atom stereocenters. The van der Waals surface area contributed by atoms with Gasteiger partial charge in [-0.3, -0.25) is 0 Å². The molecule has 0 bridgehead atoms. The van der Waals surface area contributed by atoms with Crippen molar-refractivity contribution in [2.75, 3.05) is 30.3 Å². The van der Waals surface area contributed by atoms with Crippen LogP contribution in [0.15, 0.2) is 36.5 Å². The van der Waals surface area contributed by atoms with E-state index in [1.807, 2.05) is 12.1 Å². The lowest BCUT2D eigenvalue weighted by Crippen LogP contribution is -2.19. The standard InChI is InChI=1S/C17H21FN4O/c18-15-6-2-1-4-13(15)7-9-19-17-20-10-8-16(22-17)21-12-14-5-3-11-23-14/h1-2,4,6,8,10,14H,3,5,7,9,11-12H2,(H2,19,20,21,22). The van der Waals surface area contributed by atoms with Gasteiger partial charge in [-0.25, -0.2) is 9.37 Å². The van der Waals surface area contributed by atoms with Crippen LogP contribution in [0.2, 0.25) is 0 Å². The van der Waals surface area contributed by atoms with Crippen molar-refractivity contribution in [1.29, 1.82) is 0 Å². The largest absolute Gasteiger partial charge is 0.376 e. The molecule has 0 saturated carbocycles. The van der Waals surface area contributed by atoms with Crippen molar-refractivity contribution in [1.82, 2.24) is 9.97 Å². The molecule has 2 aromatic rings. The third-order valence-electron chi connectivity index (χ3n) is 3.83. The van der Waals surface area contributed by atoms with E-state index in [4.69, 9.17) is 4.74 Å². The zero-order valence-electron chi connectivity index (χ0n) is 13.0. The quantitative estimate of drug-likeness (QED) is 0.822. The lowest BCUT2D eigenvalue weighted by molar-refractivity contribution is 0.120. The molecule has 6 heteroatoms. The lowest BCUT2D eigenvalue weighted by atomic mass is 10.1. The number of hydrogen-bond donors (Lipinski definition) is 2. The number of rotatable bonds is 7. The molecular formula is C17H21FN4O. The van der Waals surface area contributed by atoms with Crippen LogP contribution in [0.1, 0.15) is 18.4 Å². The number of anilines is 2. The Hall–Kier alpha value is -2.21. The third-order valence-corrected chi connectivity index (χ3v) is 3.83. The van der Waals surface area contributed by atoms with Gasteiger partial charge in [0.1, 0.15) is 11.6 Å². The number of nitrogens with zero attached hydrogens (tertiary/aromatic N) is 2. The molecule has 2 heterocycles. The van der Waals surface area contributed by atoms with Crippen LogP contribution in [-0.4, -0.2) is 35.8 Å². The molecular weight excluding hydrogens is 295 g/mol. The Labute approximate surface area is 135 Å². The number of hydrogen-bond acceptors (Lipinski definition) is 5. The Balaban J connectivity index is 1.48. The van der Waals surface area contributed by atoms with E-state index in [-0.39, 0.29) is 11.9 Å². The van der Waals surface area contributed by atoms with E-state index in [1.54, 1.807) is 18.3 Å². The van der Waals surface area contributed by atoms with Gasteiger partial charge in [0, 0.05) is 25.9 Å². The molecule has 1 aliphatic rings. The van der Waals surface area contributed by atoms with E-state index in [2.05, 4.69) is 20.6 Å². The highest BCUT2D eigenvalue weighted by Crippen LogP contribution is 2.13. The highest BCUT2D eigenvalue weighted by molar-refractivity contribution is 5.39. The minimum atomic E-state index is -0.179. The molecule has 1 aliphatic heterocycles. The first kappa shape index (κ1) is 15.7. The van der Waals surface area contributed by atoms with Crippen LogP contribution in [-0.2, 0) is 11.2 Å². The van der Waals surface area contributed by atoms with E-state index >= 15 is 0 Å². The van der Waals surface area contributed by atoms with E-state index < -0.39 is 0 Å². The summed E-state index contributed by atoms with van der Waals surface area (Å²) in [4.78, 5) is 8.59. The van der Waals surface area contributed by atoms with Crippen molar-refractivity contribution < 1.29 is 9.13 Å². The Kier molecular flexibility index (Phi) is 5.37. The maximum absolute atomic E-state index is 13.5. The Morgan fingerprint density at radius 2 is 2.13 bits per heavy atom. The molecule has 122 valence electrons. The Morgan fingerprint density at radius 1 is 1.22 bits per heavy atom. The van der Waals surface area contributed by atoms with Crippen molar-refractivity contribution >= 4 is 11.8 Å². The second kappa shape index (κ2) is 7.87. The van der Waals surface area contributed by atoms with Crippen LogP contribution in [0.5, 0.6) is 0 Å². The zero-order valence-corrected chi connectivity index (χ0v) is 13.0. The first-order valence-corrected chi connectivity index (χ1v) is 7.97. The normalized spacial score (nSPS) is 17.2. The van der Waals surface area contributed by atoms with Gasteiger partial charge in [0.2, 0.25) is 5.95 Å². The minimum absolute atomic E-state index is 0.179. The van der Waals surface area contributed by atoms with Crippen molar-refractivity contribution in [3.8, 4) is 0 Å². The van der Waals surface area contributed by atoms with Crippen molar-refractivity contribution in [3.63, 3.8) is 0 Å². The zero-order chi connectivity index (χ0) is 15.9. The maximum atomic E-state index is 13.5. The van der Waals surface area contributed by atoms with E-state index in [0.29, 0.717) is 24.5 Å². The third kappa shape index (κ3) is 4.63. The topological polar surface area (TPSA) is 59.1 Å². The number of ether oxygens (including phenoxy) is 1. The second-order valence-corrected chi connectivity index (χ2v) is 5.55. The van der Waals surface area contributed by atoms with Crippen molar-refractivity contribution in [2.45, 2.75) is 25.4 Å². The average Bonchev–Trinajstić information content (AvgIpc) is 3.09. The van der Waals surface area contributed by atoms with Gasteiger partial charge >= 0.3 is 0 Å². The van der Waals surface area contributed by atoms with Gasteiger partial charge in [-0.1, -0.05) is 18.2 Å². The molecule has 5 nitrogen and oxygen atoms in total. The highest BCUT2D eigenvalue weighted by atomic mass is 19.1. The van der Waals surface area contributed by atoms with Crippen molar-refractivity contribution in [2.24, 2.45) is 0 Å². The van der Waals surface area contributed by atoms with E-state index in [1.165, 1.54) is 6.07 Å². The summed E-state index contributed by atoms with van der Waals surface area (Å²) in [6.45, 7) is 2.18. The summed E-state index contributed by atoms with van der Waals surface area (Å²) in [5, 5.41) is 6.40. The summed E-state index contributed by atoms with van der Waals surface area (Å²) in [5.41, 5.74) is 0.688. The van der Waals surface area contributed by atoms with E-state index in [0.717, 1.165) is 31.8 Å². The van der Waals surface area contributed by atoms with Gasteiger partial charge < -0.3 is 15.4 Å². The molecule has 23 heavy (non-hydrogen) atoms. The molecule has 0 aliphatic carbocycles.